The summed E-state index contributed by atoms with van der Waals surface area (Å²) < 4.78 is 0. The maximum atomic E-state index is 12.4. The zero-order valence-corrected chi connectivity index (χ0v) is 11.5. The van der Waals surface area contributed by atoms with Crippen LogP contribution in [0.25, 0.3) is 0 Å². The van der Waals surface area contributed by atoms with E-state index in [4.69, 9.17) is 0 Å². The Morgan fingerprint density at radius 3 is 2.67 bits per heavy atom. The Kier molecular flexibility index (Phi) is 4.62. The molecule has 1 atom stereocenters. The number of hydrogen-bond donors (Lipinski definition) is 2. The fourth-order valence-electron chi connectivity index (χ4n) is 3.30. The lowest BCUT2D eigenvalue weighted by Gasteiger charge is -2.32. The van der Waals surface area contributed by atoms with Crippen LogP contribution in [0.2, 0.25) is 0 Å². The molecule has 0 aromatic heterocycles. The minimum Gasteiger partial charge on any atom is -0.394 e. The van der Waals surface area contributed by atoms with E-state index in [1.807, 2.05) is 7.05 Å². The summed E-state index contributed by atoms with van der Waals surface area (Å²) in [5.74, 6) is 0.121. The van der Waals surface area contributed by atoms with Gasteiger partial charge in [-0.3, -0.25) is 9.69 Å². The van der Waals surface area contributed by atoms with E-state index in [2.05, 4.69) is 10.2 Å². The minimum atomic E-state index is -0.329. The molecule has 2 fully saturated rings. The van der Waals surface area contributed by atoms with Gasteiger partial charge >= 0.3 is 0 Å². The maximum absolute atomic E-state index is 12.4. The summed E-state index contributed by atoms with van der Waals surface area (Å²) in [4.78, 5) is 14.6. The number of nitrogens with one attached hydrogen (secondary N) is 1. The Labute approximate surface area is 110 Å². The van der Waals surface area contributed by atoms with E-state index in [9.17, 15) is 9.90 Å². The smallest absolute Gasteiger partial charge is 0.237 e. The summed E-state index contributed by atoms with van der Waals surface area (Å²) in [6.45, 7) is 1.08. The molecule has 2 aliphatic rings. The Bertz CT molecular complexity index is 288. The van der Waals surface area contributed by atoms with Gasteiger partial charge in [-0.1, -0.05) is 25.7 Å². The summed E-state index contributed by atoms with van der Waals surface area (Å²) >= 11 is 0. The molecule has 0 spiro atoms. The first-order chi connectivity index (χ1) is 8.67. The summed E-state index contributed by atoms with van der Waals surface area (Å²) in [5, 5.41) is 12.7. The van der Waals surface area contributed by atoms with Gasteiger partial charge in [0.15, 0.2) is 0 Å². The highest BCUT2D eigenvalue weighted by Gasteiger charge is 2.37. The molecule has 1 saturated heterocycles. The summed E-state index contributed by atoms with van der Waals surface area (Å²) in [6.07, 6.45) is 8.56. The van der Waals surface area contributed by atoms with Crippen LogP contribution >= 0.6 is 0 Å². The Morgan fingerprint density at radius 2 is 2.00 bits per heavy atom. The van der Waals surface area contributed by atoms with E-state index >= 15 is 0 Å². The predicted molar refractivity (Wildman–Crippen MR) is 71.3 cm³/mol. The fourth-order valence-corrected chi connectivity index (χ4v) is 3.30. The molecule has 4 heteroatoms. The second-order valence-electron chi connectivity index (χ2n) is 5.98. The molecule has 0 radical (unpaired) electrons. The number of likely N-dealkylation sites (tertiary alicyclic amines) is 1. The molecule has 1 aliphatic heterocycles. The summed E-state index contributed by atoms with van der Waals surface area (Å²) in [7, 11) is 2.04. The van der Waals surface area contributed by atoms with E-state index in [-0.39, 0.29) is 24.1 Å². The van der Waals surface area contributed by atoms with E-state index in [1.165, 1.54) is 12.8 Å². The van der Waals surface area contributed by atoms with Gasteiger partial charge < -0.3 is 10.4 Å². The van der Waals surface area contributed by atoms with Gasteiger partial charge in [0, 0.05) is 0 Å². The van der Waals surface area contributed by atoms with Crippen LogP contribution in [0.15, 0.2) is 0 Å². The number of likely N-dealkylation sites (N-methyl/N-ethyl adjacent to an activating group) is 1. The van der Waals surface area contributed by atoms with E-state index in [0.29, 0.717) is 0 Å². The van der Waals surface area contributed by atoms with Crippen molar-refractivity contribution in [3.8, 4) is 0 Å². The summed E-state index contributed by atoms with van der Waals surface area (Å²) in [6, 6.07) is -0.00322. The first-order valence-electron chi connectivity index (χ1n) is 7.30. The lowest BCUT2D eigenvalue weighted by atomic mass is 9.97. The number of aliphatic hydroxyl groups excluding tert-OH is 1. The third-order valence-electron chi connectivity index (χ3n) is 4.57. The van der Waals surface area contributed by atoms with Gasteiger partial charge in [-0.05, 0) is 39.3 Å². The van der Waals surface area contributed by atoms with Crippen molar-refractivity contribution in [3.63, 3.8) is 0 Å². The van der Waals surface area contributed by atoms with E-state index in [0.717, 1.165) is 45.1 Å². The van der Waals surface area contributed by atoms with Crippen LogP contribution in [0.3, 0.4) is 0 Å². The molecule has 0 aromatic carbocycles. The number of amides is 1. The van der Waals surface area contributed by atoms with Crippen molar-refractivity contribution in [2.24, 2.45) is 0 Å². The highest BCUT2D eigenvalue weighted by atomic mass is 16.3. The Balaban J connectivity index is 1.97. The molecule has 1 saturated carbocycles. The molecule has 1 aliphatic carbocycles. The van der Waals surface area contributed by atoms with Crippen molar-refractivity contribution in [1.29, 1.82) is 0 Å². The average molecular weight is 254 g/mol. The number of carbonyl (C=O) groups is 1. The standard InChI is InChI=1S/C14H26N2O2/c1-16-10-6-2-3-7-12(16)13(18)15-14(11-17)8-4-5-9-14/h12,17H,2-11H2,1H3,(H,15,18)/t12-/m0/s1. The van der Waals surface area contributed by atoms with Gasteiger partial charge in [0.05, 0.1) is 18.2 Å². The molecular formula is C14H26N2O2. The highest BCUT2D eigenvalue weighted by molar-refractivity contribution is 5.82. The van der Waals surface area contributed by atoms with Crippen LogP contribution in [0.1, 0.15) is 51.4 Å². The molecular weight excluding hydrogens is 228 g/mol. The third-order valence-corrected chi connectivity index (χ3v) is 4.57. The number of nitrogens with zero attached hydrogens (tertiary/aromatic N) is 1. The fraction of sp³-hybridized carbons (Fsp3) is 0.929. The van der Waals surface area contributed by atoms with Crippen molar-refractivity contribution in [2.45, 2.75) is 62.9 Å². The van der Waals surface area contributed by atoms with Crippen LogP contribution in [0.4, 0.5) is 0 Å². The van der Waals surface area contributed by atoms with Crippen molar-refractivity contribution >= 4 is 5.91 Å². The first kappa shape index (κ1) is 13.8. The van der Waals surface area contributed by atoms with Gasteiger partial charge in [0.25, 0.3) is 0 Å². The second-order valence-corrected chi connectivity index (χ2v) is 5.98. The molecule has 0 aromatic rings. The molecule has 18 heavy (non-hydrogen) atoms. The monoisotopic (exact) mass is 254 g/mol. The van der Waals surface area contributed by atoms with Crippen LogP contribution in [0.5, 0.6) is 0 Å². The van der Waals surface area contributed by atoms with Crippen LogP contribution in [-0.4, -0.2) is 47.7 Å². The molecule has 0 bridgehead atoms. The van der Waals surface area contributed by atoms with Gasteiger partial charge in [0.2, 0.25) is 5.91 Å². The Morgan fingerprint density at radius 1 is 1.28 bits per heavy atom. The van der Waals surface area contributed by atoms with Gasteiger partial charge in [-0.15, -0.1) is 0 Å². The molecule has 1 heterocycles. The third kappa shape index (κ3) is 3.04. The molecule has 1 amide bonds. The van der Waals surface area contributed by atoms with Crippen molar-refractivity contribution in [3.05, 3.63) is 0 Å². The molecule has 4 nitrogen and oxygen atoms in total. The molecule has 0 unspecified atom stereocenters. The highest BCUT2D eigenvalue weighted by Crippen LogP contribution is 2.29. The van der Waals surface area contributed by atoms with Crippen LogP contribution in [-0.2, 0) is 4.79 Å². The van der Waals surface area contributed by atoms with E-state index in [1.54, 1.807) is 0 Å². The average Bonchev–Trinajstić information content (AvgIpc) is 2.71. The normalized spacial score (nSPS) is 28.9. The quantitative estimate of drug-likeness (QED) is 0.798. The minimum absolute atomic E-state index is 0.00322. The van der Waals surface area contributed by atoms with Crippen molar-refractivity contribution in [1.82, 2.24) is 10.2 Å². The first-order valence-corrected chi connectivity index (χ1v) is 7.30. The predicted octanol–water partition coefficient (Wildman–Crippen LogP) is 1.28. The lowest BCUT2D eigenvalue weighted by Crippen LogP contribution is -2.55. The number of carbonyl (C=O) groups excluding carboxylic acids is 1. The number of rotatable bonds is 3. The zero-order valence-electron chi connectivity index (χ0n) is 11.5. The SMILES string of the molecule is CN1CCCCC[C@H]1C(=O)NC1(CO)CCCC1. The number of aliphatic hydroxyl groups is 1. The molecule has 104 valence electrons. The Hall–Kier alpha value is -0.610. The summed E-state index contributed by atoms with van der Waals surface area (Å²) in [5.41, 5.74) is -0.329. The largest absolute Gasteiger partial charge is 0.394 e. The van der Waals surface area contributed by atoms with Gasteiger partial charge in [-0.2, -0.15) is 0 Å². The van der Waals surface area contributed by atoms with Gasteiger partial charge in [0.1, 0.15) is 0 Å². The van der Waals surface area contributed by atoms with Crippen molar-refractivity contribution < 1.29 is 9.90 Å². The van der Waals surface area contributed by atoms with Crippen LogP contribution < -0.4 is 5.32 Å². The zero-order chi connectivity index (χ0) is 13.0. The molecule has 2 rings (SSSR count). The second kappa shape index (κ2) is 6.02. The molecule has 2 N–H and O–H groups in total. The number of hydrogen-bond acceptors (Lipinski definition) is 3. The van der Waals surface area contributed by atoms with Crippen LogP contribution in [0, 0.1) is 0 Å². The maximum Gasteiger partial charge on any atom is 0.237 e. The van der Waals surface area contributed by atoms with E-state index < -0.39 is 0 Å². The van der Waals surface area contributed by atoms with Crippen molar-refractivity contribution in [2.75, 3.05) is 20.2 Å². The topological polar surface area (TPSA) is 52.6 Å². The van der Waals surface area contributed by atoms with Gasteiger partial charge in [-0.25, -0.2) is 0 Å². The lowest BCUT2D eigenvalue weighted by molar-refractivity contribution is -0.128.